The third kappa shape index (κ3) is 6.35. The van der Waals surface area contributed by atoms with Gasteiger partial charge in [0.05, 0.1) is 33.1 Å². The maximum atomic E-state index is 14.0. The fourth-order valence-corrected chi connectivity index (χ4v) is 5.50. The normalized spacial score (nSPS) is 12.1. The van der Waals surface area contributed by atoms with Gasteiger partial charge >= 0.3 is 7.60 Å². The van der Waals surface area contributed by atoms with E-state index >= 15 is 0 Å². The van der Waals surface area contributed by atoms with Gasteiger partial charge in [-0.2, -0.15) is 0 Å². The predicted molar refractivity (Wildman–Crippen MR) is 136 cm³/mol. The van der Waals surface area contributed by atoms with Crippen molar-refractivity contribution in [3.8, 4) is 11.5 Å². The van der Waals surface area contributed by atoms with Crippen LogP contribution in [0.25, 0.3) is 0 Å². The molecule has 0 bridgehead atoms. The Morgan fingerprint density at radius 2 is 1.32 bits per heavy atom. The molecule has 1 unspecified atom stereocenters. The number of hydrogen-bond acceptors (Lipinski definition) is 6. The first-order chi connectivity index (χ1) is 16.5. The summed E-state index contributed by atoms with van der Waals surface area (Å²) in [5.74, 6) is 0.455. The molecule has 0 radical (unpaired) electrons. The van der Waals surface area contributed by atoms with Gasteiger partial charge in [-0.25, -0.2) is 0 Å². The average molecular weight is 482 g/mol. The van der Waals surface area contributed by atoms with Crippen LogP contribution in [0.1, 0.15) is 30.5 Å². The minimum Gasteiger partial charge on any atom is -0.493 e. The fourth-order valence-electron chi connectivity index (χ4n) is 3.67. The molecule has 6 nitrogen and oxygen atoms in total. The minimum absolute atomic E-state index is 0.251. The van der Waals surface area contributed by atoms with Gasteiger partial charge < -0.3 is 18.5 Å². The smallest absolute Gasteiger partial charge is 0.355 e. The van der Waals surface area contributed by atoms with Crippen LogP contribution in [-0.4, -0.2) is 38.9 Å². The Morgan fingerprint density at radius 1 is 0.794 bits per heavy atom. The van der Waals surface area contributed by atoms with Crippen molar-refractivity contribution in [3.63, 3.8) is 0 Å². The lowest BCUT2D eigenvalue weighted by Gasteiger charge is -2.25. The van der Waals surface area contributed by atoms with E-state index in [0.29, 0.717) is 17.9 Å². The molecule has 1 atom stereocenters. The van der Waals surface area contributed by atoms with Gasteiger partial charge in [0.15, 0.2) is 17.3 Å². The first-order valence-corrected chi connectivity index (χ1v) is 12.9. The number of nitrogens with zero attached hydrogens (tertiary/aromatic N) is 1. The fraction of sp³-hybridized carbons (Fsp3) is 0.296. The van der Waals surface area contributed by atoms with Crippen LogP contribution >= 0.6 is 7.60 Å². The molecular weight excluding hydrogens is 449 g/mol. The van der Waals surface area contributed by atoms with Crippen LogP contribution in [0.2, 0.25) is 0 Å². The first-order valence-electron chi connectivity index (χ1n) is 11.3. The van der Waals surface area contributed by atoms with Crippen LogP contribution in [0.3, 0.4) is 0 Å². The molecular formula is C27H32NO5P. The molecule has 0 amide bonds. The van der Waals surface area contributed by atoms with Gasteiger partial charge in [-0.05, 0) is 31.5 Å². The zero-order chi connectivity index (χ0) is 24.4. The molecule has 0 aliphatic rings. The summed E-state index contributed by atoms with van der Waals surface area (Å²) in [5, 5.41) is 0. The Bertz CT molecular complexity index is 1070. The molecule has 0 fully saturated rings. The topological polar surface area (TPSA) is 66.4 Å². The third-order valence-corrected chi connectivity index (χ3v) is 7.49. The quantitative estimate of drug-likeness (QED) is 0.222. The molecule has 0 heterocycles. The highest BCUT2D eigenvalue weighted by Gasteiger charge is 2.36. The van der Waals surface area contributed by atoms with Crippen molar-refractivity contribution < 1.29 is 23.1 Å². The van der Waals surface area contributed by atoms with Crippen molar-refractivity contribution in [1.82, 2.24) is 0 Å². The van der Waals surface area contributed by atoms with Crippen LogP contribution < -0.4 is 9.47 Å². The summed E-state index contributed by atoms with van der Waals surface area (Å²) in [6.07, 6.45) is 0.334. The summed E-state index contributed by atoms with van der Waals surface area (Å²) in [5.41, 5.74) is 3.45. The van der Waals surface area contributed by atoms with Gasteiger partial charge in [0.2, 0.25) is 0 Å². The van der Waals surface area contributed by atoms with Crippen LogP contribution in [-0.2, 0) is 20.0 Å². The van der Waals surface area contributed by atoms with Gasteiger partial charge in [-0.1, -0.05) is 66.7 Å². The van der Waals surface area contributed by atoms with Crippen molar-refractivity contribution in [2.45, 2.75) is 26.1 Å². The second-order valence-corrected chi connectivity index (χ2v) is 9.65. The number of ether oxygens (including phenoxy) is 2. The van der Waals surface area contributed by atoms with Gasteiger partial charge in [0.1, 0.15) is 0 Å². The van der Waals surface area contributed by atoms with Crippen LogP contribution in [0.4, 0.5) is 0 Å². The number of benzene rings is 3. The number of rotatable bonds is 12. The Morgan fingerprint density at radius 3 is 1.79 bits per heavy atom. The van der Waals surface area contributed by atoms with Crippen LogP contribution in [0.5, 0.6) is 11.5 Å². The van der Waals surface area contributed by atoms with Crippen molar-refractivity contribution in [1.29, 1.82) is 0 Å². The number of methoxy groups -OCH3 is 2. The first kappa shape index (κ1) is 25.7. The molecule has 3 aromatic rings. The second-order valence-electron chi connectivity index (χ2n) is 7.46. The molecule has 180 valence electrons. The molecule has 0 spiro atoms. The van der Waals surface area contributed by atoms with Crippen molar-refractivity contribution in [2.75, 3.05) is 27.4 Å². The summed E-state index contributed by atoms with van der Waals surface area (Å²) < 4.78 is 36.3. The molecule has 0 aliphatic carbocycles. The summed E-state index contributed by atoms with van der Waals surface area (Å²) in [6, 6.07) is 25.3. The lowest BCUT2D eigenvalue weighted by Crippen LogP contribution is -2.18. The van der Waals surface area contributed by atoms with E-state index in [1.165, 1.54) is 0 Å². The van der Waals surface area contributed by atoms with E-state index in [9.17, 15) is 4.57 Å². The molecule has 3 rings (SSSR count). The lowest BCUT2D eigenvalue weighted by atomic mass is 10.0. The molecule has 0 aliphatic heterocycles. The van der Waals surface area contributed by atoms with E-state index in [1.807, 2.05) is 78.9 Å². The molecule has 7 heteroatoms. The molecule has 0 saturated heterocycles. The van der Waals surface area contributed by atoms with E-state index in [4.69, 9.17) is 23.5 Å². The third-order valence-electron chi connectivity index (χ3n) is 5.22. The Labute approximate surface area is 202 Å². The Kier molecular flexibility index (Phi) is 9.46. The van der Waals surface area contributed by atoms with E-state index in [-0.39, 0.29) is 13.2 Å². The Hall–Kier alpha value is -2.92. The molecule has 3 aromatic carbocycles. The lowest BCUT2D eigenvalue weighted by molar-refractivity contribution is 0.212. The van der Waals surface area contributed by atoms with Crippen molar-refractivity contribution >= 4 is 13.3 Å². The zero-order valence-electron chi connectivity index (χ0n) is 20.1. The highest BCUT2D eigenvalue weighted by atomic mass is 31.2. The molecule has 0 aromatic heterocycles. The van der Waals surface area contributed by atoms with E-state index < -0.39 is 13.4 Å². The maximum absolute atomic E-state index is 14.0. The van der Waals surface area contributed by atoms with Gasteiger partial charge in [0.25, 0.3) is 0 Å². The highest BCUT2D eigenvalue weighted by Crippen LogP contribution is 2.55. The second kappa shape index (κ2) is 12.5. The molecule has 0 N–H and O–H groups in total. The summed E-state index contributed by atoms with van der Waals surface area (Å²) in [7, 11) is -0.411. The summed E-state index contributed by atoms with van der Waals surface area (Å²) in [4.78, 5) is 5.05. The highest BCUT2D eigenvalue weighted by molar-refractivity contribution is 7.54. The maximum Gasteiger partial charge on any atom is 0.355 e. The predicted octanol–water partition coefficient (Wildman–Crippen LogP) is 6.38. The van der Waals surface area contributed by atoms with Crippen LogP contribution in [0, 0.1) is 0 Å². The van der Waals surface area contributed by atoms with Gasteiger partial charge in [-0.3, -0.25) is 9.56 Å². The van der Waals surface area contributed by atoms with Crippen LogP contribution in [0.15, 0.2) is 83.9 Å². The molecule has 0 saturated carbocycles. The molecule has 34 heavy (non-hydrogen) atoms. The van der Waals surface area contributed by atoms with Crippen molar-refractivity contribution in [2.24, 2.45) is 4.99 Å². The van der Waals surface area contributed by atoms with E-state index in [1.54, 1.807) is 28.1 Å². The van der Waals surface area contributed by atoms with E-state index in [0.717, 1.165) is 22.4 Å². The largest absolute Gasteiger partial charge is 0.493 e. The van der Waals surface area contributed by atoms with Gasteiger partial charge in [0, 0.05) is 17.5 Å². The zero-order valence-corrected chi connectivity index (χ0v) is 21.0. The average Bonchev–Trinajstić information content (AvgIpc) is 2.87. The standard InChI is InChI=1S/C27H32NO5P/c1-5-32-34(29,33-6-2)26(20-21-17-18-24(30-3)25(19-21)31-4)28-27(22-13-9-7-10-14-22)23-15-11-8-12-16-23/h7-19,26H,5-6,20H2,1-4H3. The number of hydrogen-bond donors (Lipinski definition) is 0. The SMILES string of the molecule is CCOP(=O)(OCC)C(Cc1ccc(OC)c(OC)c1)N=C(c1ccccc1)c1ccccc1. The number of aliphatic imine (C=N–C) groups is 1. The summed E-state index contributed by atoms with van der Waals surface area (Å²) in [6.45, 7) is 4.11. The van der Waals surface area contributed by atoms with E-state index in [2.05, 4.69) is 0 Å². The monoisotopic (exact) mass is 481 g/mol. The Balaban J connectivity index is 2.15. The van der Waals surface area contributed by atoms with Gasteiger partial charge in [-0.15, -0.1) is 0 Å². The minimum atomic E-state index is -3.59. The summed E-state index contributed by atoms with van der Waals surface area (Å²) >= 11 is 0. The van der Waals surface area contributed by atoms with Crippen molar-refractivity contribution in [3.05, 3.63) is 95.6 Å².